The van der Waals surface area contributed by atoms with Crippen molar-refractivity contribution in [3.8, 4) is 0 Å². The lowest BCUT2D eigenvalue weighted by Crippen LogP contribution is -2.35. The second-order valence-corrected chi connectivity index (χ2v) is 11.2. The van der Waals surface area contributed by atoms with Crippen molar-refractivity contribution < 1.29 is 22.8 Å². The highest BCUT2D eigenvalue weighted by Gasteiger charge is 2.30. The van der Waals surface area contributed by atoms with Gasteiger partial charge in [0.1, 0.15) is 0 Å². The predicted molar refractivity (Wildman–Crippen MR) is 159 cm³/mol. The lowest BCUT2D eigenvalue weighted by molar-refractivity contribution is -0.148. The number of pyridine rings is 2. The molecule has 228 valence electrons. The quantitative estimate of drug-likeness (QED) is 0.285. The normalized spacial score (nSPS) is 17.2. The number of benzene rings is 1. The highest BCUT2D eigenvalue weighted by Crippen LogP contribution is 2.28. The summed E-state index contributed by atoms with van der Waals surface area (Å²) in [6.45, 7) is 2.06. The Bertz CT molecular complexity index is 1670. The summed E-state index contributed by atoms with van der Waals surface area (Å²) in [6.07, 6.45) is 3.68. The molecule has 44 heavy (non-hydrogen) atoms. The third-order valence-electron chi connectivity index (χ3n) is 8.10. The van der Waals surface area contributed by atoms with Gasteiger partial charge in [0, 0.05) is 68.0 Å². The van der Waals surface area contributed by atoms with E-state index in [1.165, 1.54) is 10.5 Å². The number of nitrogens with zero attached hydrogens (tertiary/aromatic N) is 6. The summed E-state index contributed by atoms with van der Waals surface area (Å²) < 4.78 is 39.2. The Morgan fingerprint density at radius 1 is 1.02 bits per heavy atom. The predicted octanol–water partition coefficient (Wildman–Crippen LogP) is 5.53. The Labute approximate surface area is 252 Å². The average Bonchev–Trinajstić information content (AvgIpc) is 3.67. The van der Waals surface area contributed by atoms with Crippen molar-refractivity contribution in [3.63, 3.8) is 0 Å². The van der Waals surface area contributed by atoms with Crippen LogP contribution in [0.5, 0.6) is 0 Å². The first kappa shape index (κ1) is 29.3. The first-order chi connectivity index (χ1) is 21.2. The van der Waals surface area contributed by atoms with Crippen molar-refractivity contribution in [2.75, 3.05) is 31.5 Å². The van der Waals surface area contributed by atoms with E-state index in [2.05, 4.69) is 26.4 Å². The summed E-state index contributed by atoms with van der Waals surface area (Å²) in [4.78, 5) is 37.6. The summed E-state index contributed by atoms with van der Waals surface area (Å²) in [5.74, 6) is 0.323. The molecule has 2 aliphatic rings. The monoisotopic (exact) mass is 603 g/mol. The number of fused-ring (bicyclic) bond motifs is 1. The maximum Gasteiger partial charge on any atom is 0.389 e. The fourth-order valence-electron chi connectivity index (χ4n) is 5.80. The summed E-state index contributed by atoms with van der Waals surface area (Å²) in [5.41, 5.74) is 4.98. The number of rotatable bonds is 8. The van der Waals surface area contributed by atoms with Crippen LogP contribution in [-0.4, -0.2) is 73.6 Å². The van der Waals surface area contributed by atoms with E-state index >= 15 is 0 Å². The second kappa shape index (κ2) is 12.5. The van der Waals surface area contributed by atoms with Crippen LogP contribution >= 0.6 is 0 Å². The SMILES string of the molecule is O=C(CCC(F)(F)F)N1CC=C(c2cccn3nc(Nc4ccc(C(=O)N5CCC(Cc6cccnc6)C5)cc4)nc23)CC1. The number of alkyl halides is 3. The topological polar surface area (TPSA) is 95.7 Å². The average molecular weight is 604 g/mol. The van der Waals surface area contributed by atoms with E-state index < -0.39 is 24.9 Å². The molecule has 1 unspecified atom stereocenters. The van der Waals surface area contributed by atoms with Crippen molar-refractivity contribution >= 4 is 34.7 Å². The van der Waals surface area contributed by atoms with E-state index in [4.69, 9.17) is 0 Å². The van der Waals surface area contributed by atoms with Crippen molar-refractivity contribution in [1.82, 2.24) is 29.4 Å². The Morgan fingerprint density at radius 2 is 1.86 bits per heavy atom. The standard InChI is InChI=1S/C32H32F3N7O2/c33-32(34,35)13-9-28(43)40-17-11-24(12-18-40)27-4-2-15-42-29(27)38-31(39-42)37-26-7-5-25(6-8-26)30(44)41-16-10-23(21-41)19-22-3-1-14-36-20-22/h1-8,11,14-15,20,23H,9-10,12-13,16-19,21H2,(H,37,39). The number of anilines is 2. The number of hydrogen-bond acceptors (Lipinski definition) is 6. The minimum Gasteiger partial charge on any atom is -0.339 e. The molecular weight excluding hydrogens is 571 g/mol. The van der Waals surface area contributed by atoms with Gasteiger partial charge in [-0.1, -0.05) is 12.1 Å². The van der Waals surface area contributed by atoms with Gasteiger partial charge in [0.05, 0.1) is 6.42 Å². The molecule has 1 saturated heterocycles. The van der Waals surface area contributed by atoms with E-state index in [9.17, 15) is 22.8 Å². The molecule has 1 fully saturated rings. The van der Waals surface area contributed by atoms with Gasteiger partial charge in [-0.05, 0) is 78.8 Å². The van der Waals surface area contributed by atoms with Gasteiger partial charge in [0.2, 0.25) is 11.9 Å². The van der Waals surface area contributed by atoms with Crippen LogP contribution in [0.2, 0.25) is 0 Å². The van der Waals surface area contributed by atoms with Crippen molar-refractivity contribution in [2.45, 2.75) is 38.3 Å². The number of likely N-dealkylation sites (tertiary alicyclic amines) is 1. The zero-order valence-corrected chi connectivity index (χ0v) is 24.0. The van der Waals surface area contributed by atoms with E-state index in [1.807, 2.05) is 47.5 Å². The van der Waals surface area contributed by atoms with E-state index in [0.29, 0.717) is 36.0 Å². The van der Waals surface area contributed by atoms with Gasteiger partial charge in [0.25, 0.3) is 5.91 Å². The molecule has 9 nitrogen and oxygen atoms in total. The van der Waals surface area contributed by atoms with Crippen molar-refractivity contribution in [2.24, 2.45) is 5.92 Å². The molecule has 5 heterocycles. The fraction of sp³-hybridized carbons (Fsp3) is 0.344. The first-order valence-corrected chi connectivity index (χ1v) is 14.7. The lowest BCUT2D eigenvalue weighted by Gasteiger charge is -2.27. The number of aromatic nitrogens is 4. The lowest BCUT2D eigenvalue weighted by atomic mass is 10.00. The van der Waals surface area contributed by atoms with Crippen LogP contribution in [0.15, 0.2) is 73.2 Å². The van der Waals surface area contributed by atoms with Gasteiger partial charge in [-0.3, -0.25) is 14.6 Å². The number of carbonyl (C=O) groups excluding carboxylic acids is 2. The Hall–Kier alpha value is -4.74. The summed E-state index contributed by atoms with van der Waals surface area (Å²) >= 11 is 0. The summed E-state index contributed by atoms with van der Waals surface area (Å²) in [6, 6.07) is 15.0. The van der Waals surface area contributed by atoms with Crippen LogP contribution in [0, 0.1) is 5.92 Å². The smallest absolute Gasteiger partial charge is 0.339 e. The van der Waals surface area contributed by atoms with Crippen molar-refractivity contribution in [1.29, 1.82) is 0 Å². The molecule has 2 amide bonds. The van der Waals surface area contributed by atoms with Crippen LogP contribution < -0.4 is 5.32 Å². The summed E-state index contributed by atoms with van der Waals surface area (Å²) in [7, 11) is 0. The van der Waals surface area contributed by atoms with Gasteiger partial charge >= 0.3 is 6.18 Å². The van der Waals surface area contributed by atoms with Gasteiger partial charge < -0.3 is 15.1 Å². The number of hydrogen-bond donors (Lipinski definition) is 1. The Morgan fingerprint density at radius 3 is 2.59 bits per heavy atom. The van der Waals surface area contributed by atoms with Gasteiger partial charge in [0.15, 0.2) is 5.65 Å². The highest BCUT2D eigenvalue weighted by molar-refractivity contribution is 5.94. The van der Waals surface area contributed by atoms with Crippen molar-refractivity contribution in [3.05, 3.63) is 89.9 Å². The number of carbonyl (C=O) groups is 2. The zero-order chi connectivity index (χ0) is 30.7. The highest BCUT2D eigenvalue weighted by atomic mass is 19.4. The molecule has 12 heteroatoms. The van der Waals surface area contributed by atoms with Crippen LogP contribution in [0.3, 0.4) is 0 Å². The molecule has 6 rings (SSSR count). The van der Waals surface area contributed by atoms with Gasteiger partial charge in [-0.25, -0.2) is 4.52 Å². The molecule has 4 aromatic rings. The van der Waals surface area contributed by atoms with E-state index in [1.54, 1.807) is 29.0 Å². The molecule has 0 aliphatic carbocycles. The molecular formula is C32H32F3N7O2. The van der Waals surface area contributed by atoms with Gasteiger partial charge in [-0.2, -0.15) is 18.2 Å². The minimum atomic E-state index is -4.35. The molecule has 3 aromatic heterocycles. The molecule has 0 radical (unpaired) electrons. The molecule has 0 spiro atoms. The number of amides is 2. The number of halogens is 3. The van der Waals surface area contributed by atoms with Crippen LogP contribution in [0.4, 0.5) is 24.8 Å². The Kier molecular flexibility index (Phi) is 8.32. The third kappa shape index (κ3) is 6.90. The molecule has 0 bridgehead atoms. The minimum absolute atomic E-state index is 0.0158. The molecule has 1 aromatic carbocycles. The van der Waals surface area contributed by atoms with E-state index in [-0.39, 0.29) is 12.5 Å². The Balaban J connectivity index is 1.07. The maximum absolute atomic E-state index is 13.1. The molecule has 0 saturated carbocycles. The molecule has 2 aliphatic heterocycles. The molecule has 1 atom stereocenters. The third-order valence-corrected chi connectivity index (χ3v) is 8.10. The molecule has 1 N–H and O–H groups in total. The first-order valence-electron chi connectivity index (χ1n) is 14.7. The van der Waals surface area contributed by atoms with Crippen LogP contribution in [0.1, 0.15) is 47.2 Å². The maximum atomic E-state index is 13.1. The zero-order valence-electron chi connectivity index (χ0n) is 24.0. The second-order valence-electron chi connectivity index (χ2n) is 11.2. The largest absolute Gasteiger partial charge is 0.389 e. The van der Waals surface area contributed by atoms with E-state index in [0.717, 1.165) is 42.8 Å². The summed E-state index contributed by atoms with van der Waals surface area (Å²) in [5, 5.41) is 7.74. The number of nitrogens with one attached hydrogen (secondary N) is 1. The van der Waals surface area contributed by atoms with Gasteiger partial charge in [-0.15, -0.1) is 5.10 Å². The van der Waals surface area contributed by atoms with Crippen LogP contribution in [-0.2, 0) is 11.2 Å². The fourth-order valence-corrected chi connectivity index (χ4v) is 5.80. The van der Waals surface area contributed by atoms with Crippen LogP contribution in [0.25, 0.3) is 11.2 Å².